The number of para-hydroxylation sites is 1. The van der Waals surface area contributed by atoms with E-state index in [1.807, 2.05) is 18.3 Å². The van der Waals surface area contributed by atoms with Crippen LogP contribution >= 0.6 is 0 Å². The molecule has 2 nitrogen and oxygen atoms in total. The number of benzene rings is 1. The van der Waals surface area contributed by atoms with Crippen LogP contribution < -0.4 is 5.32 Å². The number of hydrogen-bond acceptors (Lipinski definition) is 2. The molecule has 0 saturated carbocycles. The first kappa shape index (κ1) is 8.48. The highest BCUT2D eigenvalue weighted by Crippen LogP contribution is 2.32. The van der Waals surface area contributed by atoms with Crippen molar-refractivity contribution in [1.82, 2.24) is 4.98 Å². The minimum Gasteiger partial charge on any atom is -0.376 e. The number of fused-ring (bicyclic) bond motifs is 1. The third-order valence-electron chi connectivity index (χ3n) is 2.82. The molecule has 2 aromatic rings. The summed E-state index contributed by atoms with van der Waals surface area (Å²) in [5.41, 5.74) is 3.75. The molecule has 0 amide bonds. The van der Waals surface area contributed by atoms with Gasteiger partial charge in [0.25, 0.3) is 0 Å². The molecule has 0 aliphatic carbocycles. The fourth-order valence-corrected chi connectivity index (χ4v) is 2.06. The van der Waals surface area contributed by atoms with Crippen molar-refractivity contribution in [2.45, 2.75) is 12.5 Å². The van der Waals surface area contributed by atoms with Crippen LogP contribution in [0.3, 0.4) is 0 Å². The Morgan fingerprint density at radius 3 is 2.73 bits per heavy atom. The van der Waals surface area contributed by atoms with Crippen molar-refractivity contribution in [3.63, 3.8) is 0 Å². The first-order valence-corrected chi connectivity index (χ1v) is 5.19. The van der Waals surface area contributed by atoms with Gasteiger partial charge in [0.1, 0.15) is 0 Å². The zero-order valence-electron chi connectivity index (χ0n) is 8.35. The Morgan fingerprint density at radius 1 is 1.07 bits per heavy atom. The van der Waals surface area contributed by atoms with E-state index in [-0.39, 0.29) is 0 Å². The standard InChI is InChI=1S/C13H12N2/c1-2-6-11-10(5-1)9-13(15-11)12-7-3-4-8-14-12/h1-8,13,15H,9H2. The summed E-state index contributed by atoms with van der Waals surface area (Å²) in [7, 11) is 0. The zero-order chi connectivity index (χ0) is 10.1. The van der Waals surface area contributed by atoms with Gasteiger partial charge in [0, 0.05) is 18.3 Å². The van der Waals surface area contributed by atoms with E-state index in [0.717, 1.165) is 12.1 Å². The van der Waals surface area contributed by atoms with Gasteiger partial charge in [-0.05, 0) is 23.8 Å². The minimum absolute atomic E-state index is 0.337. The summed E-state index contributed by atoms with van der Waals surface area (Å²) in [6.45, 7) is 0. The second-order valence-corrected chi connectivity index (χ2v) is 3.81. The van der Waals surface area contributed by atoms with Gasteiger partial charge in [-0.1, -0.05) is 24.3 Å². The van der Waals surface area contributed by atoms with E-state index in [0.29, 0.717) is 6.04 Å². The highest BCUT2D eigenvalue weighted by atomic mass is 15.0. The van der Waals surface area contributed by atoms with Gasteiger partial charge in [-0.3, -0.25) is 4.98 Å². The fourth-order valence-electron chi connectivity index (χ4n) is 2.06. The number of hydrogen-bond donors (Lipinski definition) is 1. The molecular weight excluding hydrogens is 184 g/mol. The summed E-state index contributed by atoms with van der Waals surface area (Å²) in [5.74, 6) is 0. The van der Waals surface area contributed by atoms with Crippen LogP contribution in [-0.4, -0.2) is 4.98 Å². The molecule has 1 unspecified atom stereocenters. The van der Waals surface area contributed by atoms with Gasteiger partial charge in [0.15, 0.2) is 0 Å². The molecule has 1 aromatic carbocycles. The Labute approximate surface area is 89.0 Å². The van der Waals surface area contributed by atoms with Crippen LogP contribution in [0, 0.1) is 0 Å². The van der Waals surface area contributed by atoms with Crippen molar-refractivity contribution < 1.29 is 0 Å². The molecule has 0 radical (unpaired) electrons. The quantitative estimate of drug-likeness (QED) is 0.758. The van der Waals surface area contributed by atoms with Gasteiger partial charge in [0.05, 0.1) is 11.7 Å². The summed E-state index contributed by atoms with van der Waals surface area (Å²) in [6.07, 6.45) is 2.88. The van der Waals surface area contributed by atoms with E-state index in [4.69, 9.17) is 0 Å². The lowest BCUT2D eigenvalue weighted by Crippen LogP contribution is -2.07. The molecule has 0 fully saturated rings. The Hall–Kier alpha value is -1.83. The first-order valence-electron chi connectivity index (χ1n) is 5.19. The molecule has 15 heavy (non-hydrogen) atoms. The smallest absolute Gasteiger partial charge is 0.0726 e. The van der Waals surface area contributed by atoms with Crippen LogP contribution in [0.4, 0.5) is 5.69 Å². The minimum atomic E-state index is 0.337. The molecule has 3 rings (SSSR count). The molecule has 1 aromatic heterocycles. The first-order chi connectivity index (χ1) is 7.43. The number of rotatable bonds is 1. The topological polar surface area (TPSA) is 24.9 Å². The van der Waals surface area contributed by atoms with Gasteiger partial charge in [-0.15, -0.1) is 0 Å². The summed E-state index contributed by atoms with van der Waals surface area (Å²) >= 11 is 0. The zero-order valence-corrected chi connectivity index (χ0v) is 8.35. The van der Waals surface area contributed by atoms with Gasteiger partial charge < -0.3 is 5.32 Å². The molecule has 2 heterocycles. The molecule has 74 valence electrons. The van der Waals surface area contributed by atoms with E-state index in [9.17, 15) is 0 Å². The predicted molar refractivity (Wildman–Crippen MR) is 60.7 cm³/mol. The van der Waals surface area contributed by atoms with E-state index in [1.54, 1.807) is 0 Å². The SMILES string of the molecule is c1ccc(C2Cc3ccccc3N2)nc1. The van der Waals surface area contributed by atoms with Crippen molar-refractivity contribution in [1.29, 1.82) is 0 Å². The van der Waals surface area contributed by atoms with Crippen LogP contribution in [0.2, 0.25) is 0 Å². The van der Waals surface area contributed by atoms with Crippen LogP contribution in [0.15, 0.2) is 48.7 Å². The van der Waals surface area contributed by atoms with Gasteiger partial charge in [-0.25, -0.2) is 0 Å². The number of anilines is 1. The molecule has 1 atom stereocenters. The summed E-state index contributed by atoms with van der Waals surface area (Å²) in [5, 5.41) is 3.49. The van der Waals surface area contributed by atoms with Crippen LogP contribution in [0.5, 0.6) is 0 Å². The summed E-state index contributed by atoms with van der Waals surface area (Å²) in [4.78, 5) is 4.38. The van der Waals surface area contributed by atoms with Crippen LogP contribution in [0.1, 0.15) is 17.3 Å². The van der Waals surface area contributed by atoms with Crippen molar-refractivity contribution >= 4 is 5.69 Å². The predicted octanol–water partition coefficient (Wildman–Crippen LogP) is 2.79. The second kappa shape index (κ2) is 3.39. The molecule has 0 spiro atoms. The van der Waals surface area contributed by atoms with Crippen molar-refractivity contribution in [2.75, 3.05) is 5.32 Å². The Balaban J connectivity index is 1.91. The van der Waals surface area contributed by atoms with E-state index in [1.165, 1.54) is 11.3 Å². The summed E-state index contributed by atoms with van der Waals surface area (Å²) in [6, 6.07) is 14.8. The molecule has 0 saturated heterocycles. The Kier molecular flexibility index (Phi) is 1.91. The molecular formula is C13H12N2. The lowest BCUT2D eigenvalue weighted by Gasteiger charge is -2.09. The average molecular weight is 196 g/mol. The van der Waals surface area contributed by atoms with E-state index < -0.39 is 0 Å². The second-order valence-electron chi connectivity index (χ2n) is 3.81. The molecule has 1 aliphatic rings. The fraction of sp³-hybridized carbons (Fsp3) is 0.154. The summed E-state index contributed by atoms with van der Waals surface area (Å²) < 4.78 is 0. The maximum Gasteiger partial charge on any atom is 0.0726 e. The number of nitrogens with zero attached hydrogens (tertiary/aromatic N) is 1. The molecule has 2 heteroatoms. The molecule has 0 bridgehead atoms. The third-order valence-corrected chi connectivity index (χ3v) is 2.82. The number of pyridine rings is 1. The van der Waals surface area contributed by atoms with Crippen LogP contribution in [-0.2, 0) is 6.42 Å². The maximum absolute atomic E-state index is 4.38. The lowest BCUT2D eigenvalue weighted by molar-refractivity contribution is 0.788. The van der Waals surface area contributed by atoms with Gasteiger partial charge in [-0.2, -0.15) is 0 Å². The van der Waals surface area contributed by atoms with Crippen molar-refractivity contribution in [2.24, 2.45) is 0 Å². The normalized spacial score (nSPS) is 18.3. The molecule has 1 aliphatic heterocycles. The van der Waals surface area contributed by atoms with Crippen LogP contribution in [0.25, 0.3) is 0 Å². The van der Waals surface area contributed by atoms with E-state index in [2.05, 4.69) is 40.6 Å². The number of aromatic nitrogens is 1. The Bertz CT molecular complexity index is 440. The third kappa shape index (κ3) is 1.48. The monoisotopic (exact) mass is 196 g/mol. The van der Waals surface area contributed by atoms with Crippen molar-refractivity contribution in [3.05, 3.63) is 59.9 Å². The van der Waals surface area contributed by atoms with Crippen molar-refractivity contribution in [3.8, 4) is 0 Å². The van der Waals surface area contributed by atoms with Gasteiger partial charge in [0.2, 0.25) is 0 Å². The lowest BCUT2D eigenvalue weighted by atomic mass is 10.1. The number of nitrogens with one attached hydrogen (secondary N) is 1. The highest BCUT2D eigenvalue weighted by Gasteiger charge is 2.21. The van der Waals surface area contributed by atoms with Gasteiger partial charge >= 0.3 is 0 Å². The Morgan fingerprint density at radius 2 is 1.93 bits per heavy atom. The highest BCUT2D eigenvalue weighted by molar-refractivity contribution is 5.57. The van der Waals surface area contributed by atoms with E-state index >= 15 is 0 Å². The molecule has 1 N–H and O–H groups in total. The average Bonchev–Trinajstić information content (AvgIpc) is 2.74. The largest absolute Gasteiger partial charge is 0.376 e. The maximum atomic E-state index is 4.38.